The Morgan fingerprint density at radius 3 is 2.45 bits per heavy atom. The molecule has 0 aromatic heterocycles. The van der Waals surface area contributed by atoms with Crippen molar-refractivity contribution in [2.24, 2.45) is 11.3 Å². The number of hydrogen-bond donors (Lipinski definition) is 1. The molecule has 3 aliphatic rings. The lowest BCUT2D eigenvalue weighted by atomic mass is 9.51. The summed E-state index contributed by atoms with van der Waals surface area (Å²) in [5.74, 6) is 0.804. The summed E-state index contributed by atoms with van der Waals surface area (Å²) in [5, 5.41) is 10.3. The standard InChI is InChI=1S/C16H29NO3/c1-15(19-2)11-14(18)16(15)5-7-17(8-6-16)12-13-3-9-20-10-4-13/h13-14,18H,3-12H2,1-2H3/t14-,15+/m1/s1. The van der Waals surface area contributed by atoms with E-state index in [0.29, 0.717) is 0 Å². The van der Waals surface area contributed by atoms with Gasteiger partial charge in [-0.2, -0.15) is 0 Å². The van der Waals surface area contributed by atoms with E-state index in [1.54, 1.807) is 7.11 Å². The highest BCUT2D eigenvalue weighted by atomic mass is 16.5. The molecule has 0 radical (unpaired) electrons. The molecule has 2 heterocycles. The second kappa shape index (κ2) is 5.56. The number of piperidine rings is 1. The normalized spacial score (nSPS) is 38.9. The number of rotatable bonds is 3. The zero-order chi connectivity index (χ0) is 14.2. The molecule has 0 aromatic carbocycles. The lowest BCUT2D eigenvalue weighted by Gasteiger charge is -2.63. The Bertz CT molecular complexity index is 335. The summed E-state index contributed by atoms with van der Waals surface area (Å²) in [6.45, 7) is 7.46. The van der Waals surface area contributed by atoms with Crippen molar-refractivity contribution in [3.63, 3.8) is 0 Å². The van der Waals surface area contributed by atoms with Crippen molar-refractivity contribution in [2.45, 2.75) is 50.7 Å². The minimum absolute atomic E-state index is 0.00786. The van der Waals surface area contributed by atoms with E-state index in [1.807, 2.05) is 0 Å². The number of likely N-dealkylation sites (tertiary alicyclic amines) is 1. The summed E-state index contributed by atoms with van der Waals surface area (Å²) >= 11 is 0. The van der Waals surface area contributed by atoms with Crippen LogP contribution in [0.3, 0.4) is 0 Å². The quantitative estimate of drug-likeness (QED) is 0.855. The molecule has 2 aliphatic heterocycles. The zero-order valence-corrected chi connectivity index (χ0v) is 12.9. The van der Waals surface area contributed by atoms with E-state index >= 15 is 0 Å². The Kier molecular flexibility index (Phi) is 4.10. The summed E-state index contributed by atoms with van der Waals surface area (Å²) in [6, 6.07) is 0. The van der Waals surface area contributed by atoms with E-state index in [9.17, 15) is 5.11 Å². The second-order valence-corrected chi connectivity index (χ2v) is 7.17. The molecular weight excluding hydrogens is 254 g/mol. The molecule has 2 atom stereocenters. The Labute approximate surface area is 122 Å². The molecule has 1 N–H and O–H groups in total. The van der Waals surface area contributed by atoms with Gasteiger partial charge >= 0.3 is 0 Å². The first-order chi connectivity index (χ1) is 9.60. The SMILES string of the molecule is CO[C@@]1(C)C[C@@H](O)C12CCN(CC1CCOCC1)CC2. The third-order valence-corrected chi connectivity index (χ3v) is 6.33. The summed E-state index contributed by atoms with van der Waals surface area (Å²) < 4.78 is 11.2. The molecule has 116 valence electrons. The van der Waals surface area contributed by atoms with Gasteiger partial charge in [0.25, 0.3) is 0 Å². The molecule has 2 saturated heterocycles. The fourth-order valence-corrected chi connectivity index (χ4v) is 4.57. The topological polar surface area (TPSA) is 41.9 Å². The van der Waals surface area contributed by atoms with Gasteiger partial charge in [0.05, 0.1) is 11.7 Å². The Morgan fingerprint density at radius 1 is 1.25 bits per heavy atom. The molecule has 4 heteroatoms. The predicted octanol–water partition coefficient (Wildman–Crippen LogP) is 1.66. The summed E-state index contributed by atoms with van der Waals surface area (Å²) in [7, 11) is 1.79. The Morgan fingerprint density at radius 2 is 1.90 bits per heavy atom. The van der Waals surface area contributed by atoms with Crippen LogP contribution < -0.4 is 0 Å². The van der Waals surface area contributed by atoms with Gasteiger partial charge in [0.1, 0.15) is 0 Å². The highest BCUT2D eigenvalue weighted by molar-refractivity contribution is 5.14. The van der Waals surface area contributed by atoms with Gasteiger partial charge in [-0.05, 0) is 51.6 Å². The number of hydrogen-bond acceptors (Lipinski definition) is 4. The van der Waals surface area contributed by atoms with Gasteiger partial charge in [0.2, 0.25) is 0 Å². The number of aliphatic hydroxyl groups excluding tert-OH is 1. The molecule has 4 nitrogen and oxygen atoms in total. The predicted molar refractivity (Wildman–Crippen MR) is 77.7 cm³/mol. The van der Waals surface area contributed by atoms with Gasteiger partial charge in [0, 0.05) is 38.7 Å². The van der Waals surface area contributed by atoms with Crippen molar-refractivity contribution >= 4 is 0 Å². The van der Waals surface area contributed by atoms with Crippen LogP contribution in [0.25, 0.3) is 0 Å². The van der Waals surface area contributed by atoms with Crippen molar-refractivity contribution in [3.8, 4) is 0 Å². The maximum Gasteiger partial charge on any atom is 0.0757 e. The fourth-order valence-electron chi connectivity index (χ4n) is 4.57. The highest BCUT2D eigenvalue weighted by Gasteiger charge is 2.63. The molecule has 0 bridgehead atoms. The van der Waals surface area contributed by atoms with Crippen molar-refractivity contribution < 1.29 is 14.6 Å². The Hall–Kier alpha value is -0.160. The van der Waals surface area contributed by atoms with Crippen LogP contribution in [0.1, 0.15) is 39.0 Å². The summed E-state index contributed by atoms with van der Waals surface area (Å²) in [6.07, 6.45) is 5.19. The smallest absolute Gasteiger partial charge is 0.0757 e. The highest BCUT2D eigenvalue weighted by Crippen LogP contribution is 2.57. The monoisotopic (exact) mass is 283 g/mol. The number of ether oxygens (including phenoxy) is 2. The first-order valence-electron chi connectivity index (χ1n) is 8.13. The lowest BCUT2D eigenvalue weighted by Crippen LogP contribution is -2.69. The van der Waals surface area contributed by atoms with Crippen LogP contribution in [0, 0.1) is 11.3 Å². The van der Waals surface area contributed by atoms with E-state index in [4.69, 9.17) is 9.47 Å². The van der Waals surface area contributed by atoms with Crippen molar-refractivity contribution in [1.82, 2.24) is 4.90 Å². The number of nitrogens with zero attached hydrogens (tertiary/aromatic N) is 1. The second-order valence-electron chi connectivity index (χ2n) is 7.17. The first-order valence-corrected chi connectivity index (χ1v) is 8.13. The molecule has 20 heavy (non-hydrogen) atoms. The number of methoxy groups -OCH3 is 1. The number of aliphatic hydroxyl groups is 1. The van der Waals surface area contributed by atoms with E-state index in [1.165, 1.54) is 19.4 Å². The molecular formula is C16H29NO3. The molecule has 1 saturated carbocycles. The third kappa shape index (κ3) is 2.31. The fraction of sp³-hybridized carbons (Fsp3) is 1.00. The van der Waals surface area contributed by atoms with Crippen molar-refractivity contribution in [2.75, 3.05) is 40.0 Å². The average molecular weight is 283 g/mol. The van der Waals surface area contributed by atoms with Gasteiger partial charge in [-0.25, -0.2) is 0 Å². The van der Waals surface area contributed by atoms with Crippen molar-refractivity contribution in [3.05, 3.63) is 0 Å². The van der Waals surface area contributed by atoms with Crippen LogP contribution in [-0.4, -0.2) is 61.7 Å². The summed E-state index contributed by atoms with van der Waals surface area (Å²) in [4.78, 5) is 2.59. The Balaban J connectivity index is 1.54. The van der Waals surface area contributed by atoms with Gasteiger partial charge in [-0.15, -0.1) is 0 Å². The lowest BCUT2D eigenvalue weighted by molar-refractivity contribution is -0.261. The molecule has 3 rings (SSSR count). The first kappa shape index (κ1) is 14.8. The zero-order valence-electron chi connectivity index (χ0n) is 12.9. The minimum atomic E-state index is -0.169. The molecule has 0 amide bonds. The largest absolute Gasteiger partial charge is 0.392 e. The van der Waals surface area contributed by atoms with Crippen LogP contribution in [-0.2, 0) is 9.47 Å². The van der Waals surface area contributed by atoms with Crippen LogP contribution in [0.15, 0.2) is 0 Å². The van der Waals surface area contributed by atoms with E-state index in [0.717, 1.165) is 51.5 Å². The van der Waals surface area contributed by atoms with Gasteiger partial charge < -0.3 is 19.5 Å². The molecule has 1 aliphatic carbocycles. The van der Waals surface area contributed by atoms with E-state index in [2.05, 4.69) is 11.8 Å². The van der Waals surface area contributed by atoms with Crippen molar-refractivity contribution in [1.29, 1.82) is 0 Å². The maximum atomic E-state index is 10.3. The molecule has 1 spiro atoms. The van der Waals surface area contributed by atoms with Crippen LogP contribution in [0.2, 0.25) is 0 Å². The van der Waals surface area contributed by atoms with Gasteiger partial charge in [-0.1, -0.05) is 0 Å². The van der Waals surface area contributed by atoms with Crippen LogP contribution >= 0.6 is 0 Å². The van der Waals surface area contributed by atoms with Gasteiger partial charge in [0.15, 0.2) is 0 Å². The minimum Gasteiger partial charge on any atom is -0.392 e. The van der Waals surface area contributed by atoms with Gasteiger partial charge in [-0.3, -0.25) is 0 Å². The molecule has 3 fully saturated rings. The van der Waals surface area contributed by atoms with Crippen LogP contribution in [0.4, 0.5) is 0 Å². The average Bonchev–Trinajstić information content (AvgIpc) is 2.49. The third-order valence-electron chi connectivity index (χ3n) is 6.33. The molecule has 0 aromatic rings. The molecule has 0 unspecified atom stereocenters. The maximum absolute atomic E-state index is 10.3. The van der Waals surface area contributed by atoms with Crippen LogP contribution in [0.5, 0.6) is 0 Å². The summed E-state index contributed by atoms with van der Waals surface area (Å²) in [5.41, 5.74) is -0.106. The van der Waals surface area contributed by atoms with E-state index < -0.39 is 0 Å². The van der Waals surface area contributed by atoms with E-state index in [-0.39, 0.29) is 17.1 Å².